The van der Waals surface area contributed by atoms with Crippen molar-refractivity contribution in [2.45, 2.75) is 71.9 Å². The molecule has 0 amide bonds. The Hall–Kier alpha value is -0.0800. The first-order chi connectivity index (χ1) is 8.43. The van der Waals surface area contributed by atoms with Crippen LogP contribution in [0, 0.1) is 17.8 Å². The second-order valence-corrected chi connectivity index (χ2v) is 6.83. The fourth-order valence-corrected chi connectivity index (χ4v) is 3.32. The van der Waals surface area contributed by atoms with Gasteiger partial charge in [0, 0.05) is 12.6 Å². The van der Waals surface area contributed by atoms with E-state index in [0.29, 0.717) is 12.0 Å². The summed E-state index contributed by atoms with van der Waals surface area (Å²) in [5, 5.41) is 10.2. The van der Waals surface area contributed by atoms with Gasteiger partial charge in [0.1, 0.15) is 0 Å². The van der Waals surface area contributed by atoms with E-state index in [1.807, 2.05) is 0 Å². The molecule has 1 rings (SSSR count). The van der Waals surface area contributed by atoms with Crippen molar-refractivity contribution in [3.63, 3.8) is 0 Å². The molecule has 1 saturated carbocycles. The molecule has 0 heterocycles. The second kappa shape index (κ2) is 7.49. The Kier molecular flexibility index (Phi) is 6.65. The van der Waals surface area contributed by atoms with Crippen molar-refractivity contribution in [1.29, 1.82) is 0 Å². The van der Waals surface area contributed by atoms with Crippen LogP contribution in [0.3, 0.4) is 0 Å². The Morgan fingerprint density at radius 2 is 1.89 bits per heavy atom. The lowest BCUT2D eigenvalue weighted by molar-refractivity contribution is 0.0239. The van der Waals surface area contributed by atoms with Gasteiger partial charge >= 0.3 is 0 Å². The van der Waals surface area contributed by atoms with Gasteiger partial charge in [-0.3, -0.25) is 0 Å². The third-order valence-electron chi connectivity index (χ3n) is 4.72. The molecule has 2 nitrogen and oxygen atoms in total. The van der Waals surface area contributed by atoms with Gasteiger partial charge in [0.25, 0.3) is 0 Å². The summed E-state index contributed by atoms with van der Waals surface area (Å²) in [6.45, 7) is 10.2. The Labute approximate surface area is 114 Å². The first kappa shape index (κ1) is 16.0. The summed E-state index contributed by atoms with van der Waals surface area (Å²) >= 11 is 0. The summed E-state index contributed by atoms with van der Waals surface area (Å²) in [5.74, 6) is 2.08. The van der Waals surface area contributed by atoms with Crippen molar-refractivity contribution in [3.05, 3.63) is 0 Å². The SMILES string of the molecule is CCC1CCC(O)C(CN(C)C(C)CC(C)C)C1. The molecule has 1 aliphatic carbocycles. The van der Waals surface area contributed by atoms with E-state index in [2.05, 4.69) is 39.6 Å². The number of aliphatic hydroxyl groups excluding tert-OH is 1. The zero-order chi connectivity index (χ0) is 13.7. The number of hydrogen-bond donors (Lipinski definition) is 1. The molecule has 0 bridgehead atoms. The molecule has 4 unspecified atom stereocenters. The molecule has 0 aromatic rings. The monoisotopic (exact) mass is 255 g/mol. The van der Waals surface area contributed by atoms with Gasteiger partial charge in [0.15, 0.2) is 0 Å². The van der Waals surface area contributed by atoms with Crippen LogP contribution in [0.15, 0.2) is 0 Å². The summed E-state index contributed by atoms with van der Waals surface area (Å²) < 4.78 is 0. The molecular weight excluding hydrogens is 222 g/mol. The summed E-state index contributed by atoms with van der Waals surface area (Å²) in [6, 6.07) is 0.624. The molecule has 108 valence electrons. The Balaban J connectivity index is 2.43. The second-order valence-electron chi connectivity index (χ2n) is 6.83. The van der Waals surface area contributed by atoms with Crippen LogP contribution < -0.4 is 0 Å². The normalized spacial score (nSPS) is 31.0. The van der Waals surface area contributed by atoms with Crippen LogP contribution in [0.1, 0.15) is 59.8 Å². The topological polar surface area (TPSA) is 23.5 Å². The van der Waals surface area contributed by atoms with Gasteiger partial charge in [-0.1, -0.05) is 27.2 Å². The van der Waals surface area contributed by atoms with E-state index in [9.17, 15) is 5.11 Å². The quantitative estimate of drug-likeness (QED) is 0.784. The molecule has 1 aliphatic rings. The molecular formula is C16H33NO. The number of aliphatic hydroxyl groups is 1. The highest BCUT2D eigenvalue weighted by Gasteiger charge is 2.29. The Morgan fingerprint density at radius 3 is 2.44 bits per heavy atom. The van der Waals surface area contributed by atoms with E-state index in [4.69, 9.17) is 0 Å². The summed E-state index contributed by atoms with van der Waals surface area (Å²) in [5.41, 5.74) is 0. The van der Waals surface area contributed by atoms with E-state index in [-0.39, 0.29) is 6.10 Å². The Morgan fingerprint density at radius 1 is 1.22 bits per heavy atom. The zero-order valence-electron chi connectivity index (χ0n) is 13.0. The molecule has 1 fully saturated rings. The van der Waals surface area contributed by atoms with Crippen molar-refractivity contribution in [3.8, 4) is 0 Å². The molecule has 0 radical (unpaired) electrons. The van der Waals surface area contributed by atoms with E-state index in [1.54, 1.807) is 0 Å². The Bertz CT molecular complexity index is 229. The highest BCUT2D eigenvalue weighted by atomic mass is 16.3. The molecule has 0 aromatic heterocycles. The van der Waals surface area contributed by atoms with Crippen LogP contribution in [0.2, 0.25) is 0 Å². The van der Waals surface area contributed by atoms with E-state index < -0.39 is 0 Å². The van der Waals surface area contributed by atoms with Crippen LogP contribution in [0.25, 0.3) is 0 Å². The van der Waals surface area contributed by atoms with E-state index in [1.165, 1.54) is 25.7 Å². The number of hydrogen-bond acceptors (Lipinski definition) is 2. The standard InChI is InChI=1S/C16H33NO/c1-6-14-7-8-16(18)15(10-14)11-17(5)13(4)9-12(2)3/h12-16,18H,6-11H2,1-5H3. The maximum absolute atomic E-state index is 10.2. The summed E-state index contributed by atoms with van der Waals surface area (Å²) in [4.78, 5) is 2.45. The first-order valence-corrected chi connectivity index (χ1v) is 7.82. The van der Waals surface area contributed by atoms with Gasteiger partial charge in [-0.15, -0.1) is 0 Å². The lowest BCUT2D eigenvalue weighted by atomic mass is 9.78. The average Bonchev–Trinajstić information content (AvgIpc) is 2.31. The van der Waals surface area contributed by atoms with Crippen molar-refractivity contribution in [1.82, 2.24) is 4.90 Å². The van der Waals surface area contributed by atoms with Crippen LogP contribution in [0.5, 0.6) is 0 Å². The summed E-state index contributed by atoms with van der Waals surface area (Å²) in [6.07, 6.45) is 5.90. The van der Waals surface area contributed by atoms with Gasteiger partial charge in [0.05, 0.1) is 6.10 Å². The van der Waals surface area contributed by atoms with E-state index in [0.717, 1.165) is 24.8 Å². The van der Waals surface area contributed by atoms with Crippen LogP contribution in [-0.4, -0.2) is 35.7 Å². The predicted octanol–water partition coefficient (Wildman–Crippen LogP) is 3.54. The highest BCUT2D eigenvalue weighted by molar-refractivity contribution is 4.82. The van der Waals surface area contributed by atoms with Gasteiger partial charge in [-0.25, -0.2) is 0 Å². The lowest BCUT2D eigenvalue weighted by Crippen LogP contribution is -2.41. The molecule has 0 saturated heterocycles. The van der Waals surface area contributed by atoms with Crippen molar-refractivity contribution < 1.29 is 5.11 Å². The minimum Gasteiger partial charge on any atom is -0.393 e. The fourth-order valence-electron chi connectivity index (χ4n) is 3.32. The molecule has 0 aliphatic heterocycles. The van der Waals surface area contributed by atoms with Crippen molar-refractivity contribution >= 4 is 0 Å². The predicted molar refractivity (Wildman–Crippen MR) is 78.7 cm³/mol. The molecule has 18 heavy (non-hydrogen) atoms. The number of nitrogens with zero attached hydrogens (tertiary/aromatic N) is 1. The first-order valence-electron chi connectivity index (χ1n) is 7.82. The van der Waals surface area contributed by atoms with Crippen LogP contribution in [-0.2, 0) is 0 Å². The van der Waals surface area contributed by atoms with Gasteiger partial charge < -0.3 is 10.0 Å². The van der Waals surface area contributed by atoms with Gasteiger partial charge in [-0.05, 0) is 57.4 Å². The third-order valence-corrected chi connectivity index (χ3v) is 4.72. The van der Waals surface area contributed by atoms with Crippen LogP contribution >= 0.6 is 0 Å². The number of rotatable bonds is 6. The van der Waals surface area contributed by atoms with Gasteiger partial charge in [0.2, 0.25) is 0 Å². The molecule has 1 N–H and O–H groups in total. The van der Waals surface area contributed by atoms with Crippen molar-refractivity contribution in [2.75, 3.05) is 13.6 Å². The van der Waals surface area contributed by atoms with Gasteiger partial charge in [-0.2, -0.15) is 0 Å². The molecule has 4 atom stereocenters. The third kappa shape index (κ3) is 4.89. The lowest BCUT2D eigenvalue weighted by Gasteiger charge is -2.37. The largest absolute Gasteiger partial charge is 0.393 e. The fraction of sp³-hybridized carbons (Fsp3) is 1.00. The average molecular weight is 255 g/mol. The zero-order valence-corrected chi connectivity index (χ0v) is 13.0. The smallest absolute Gasteiger partial charge is 0.0580 e. The molecule has 0 spiro atoms. The molecule has 2 heteroatoms. The van der Waals surface area contributed by atoms with Crippen LogP contribution in [0.4, 0.5) is 0 Å². The molecule has 0 aromatic carbocycles. The summed E-state index contributed by atoms with van der Waals surface area (Å²) in [7, 11) is 2.22. The highest BCUT2D eigenvalue weighted by Crippen LogP contribution is 2.32. The van der Waals surface area contributed by atoms with E-state index >= 15 is 0 Å². The van der Waals surface area contributed by atoms with Crippen molar-refractivity contribution in [2.24, 2.45) is 17.8 Å². The minimum absolute atomic E-state index is 0.0681. The maximum atomic E-state index is 10.2. The maximum Gasteiger partial charge on any atom is 0.0580 e. The minimum atomic E-state index is -0.0681.